The largest absolute Gasteiger partial charge is 0.469 e. The topological polar surface area (TPSA) is 161 Å². The van der Waals surface area contributed by atoms with E-state index in [2.05, 4.69) is 9.47 Å². The molecule has 1 aromatic rings. The lowest BCUT2D eigenvalue weighted by Gasteiger charge is -2.31. The van der Waals surface area contributed by atoms with Crippen molar-refractivity contribution in [3.63, 3.8) is 0 Å². The van der Waals surface area contributed by atoms with E-state index in [0.717, 1.165) is 14.2 Å². The Balaban J connectivity index is 3.04. The zero-order chi connectivity index (χ0) is 21.3. The number of methoxy groups -OCH3 is 2. The standard InChI is InChI=1S/C16H16O10S2/c1-25-15(17)13-11(28(22,23)24)8-10(27(19,20)21)12(14(13)16(18)26-2)9-6-4-3-5-7-9/h3-8,13-14H,1-2H3,(H,19,20,21)(H,22,23,24). The van der Waals surface area contributed by atoms with Gasteiger partial charge in [0.15, 0.2) is 0 Å². The number of esters is 2. The van der Waals surface area contributed by atoms with E-state index in [0.29, 0.717) is 6.08 Å². The summed E-state index contributed by atoms with van der Waals surface area (Å²) in [6, 6.07) is 7.35. The Morgan fingerprint density at radius 3 is 1.79 bits per heavy atom. The van der Waals surface area contributed by atoms with Crippen LogP contribution in [-0.4, -0.2) is 52.1 Å². The Morgan fingerprint density at radius 1 is 0.857 bits per heavy atom. The molecule has 0 aromatic heterocycles. The number of hydrogen-bond acceptors (Lipinski definition) is 8. The summed E-state index contributed by atoms with van der Waals surface area (Å²) in [5, 5.41) is 0. The lowest BCUT2D eigenvalue weighted by atomic mass is 9.78. The molecule has 0 spiro atoms. The maximum absolute atomic E-state index is 12.5. The summed E-state index contributed by atoms with van der Waals surface area (Å²) in [5.74, 6) is -6.18. The van der Waals surface area contributed by atoms with Crippen molar-refractivity contribution < 1.29 is 45.0 Å². The predicted molar refractivity (Wildman–Crippen MR) is 95.6 cm³/mol. The smallest absolute Gasteiger partial charge is 0.315 e. The summed E-state index contributed by atoms with van der Waals surface area (Å²) < 4.78 is 75.9. The van der Waals surface area contributed by atoms with E-state index in [1.807, 2.05) is 0 Å². The van der Waals surface area contributed by atoms with Gasteiger partial charge < -0.3 is 9.47 Å². The van der Waals surface area contributed by atoms with Gasteiger partial charge in [0, 0.05) is 0 Å². The van der Waals surface area contributed by atoms with Gasteiger partial charge >= 0.3 is 11.9 Å². The molecule has 2 unspecified atom stereocenters. The molecule has 2 rings (SSSR count). The van der Waals surface area contributed by atoms with Crippen LogP contribution in [0.5, 0.6) is 0 Å². The van der Waals surface area contributed by atoms with E-state index in [1.54, 1.807) is 6.07 Å². The summed E-state index contributed by atoms with van der Waals surface area (Å²) in [4.78, 5) is 22.7. The monoisotopic (exact) mass is 432 g/mol. The van der Waals surface area contributed by atoms with Crippen molar-refractivity contribution in [3.05, 3.63) is 51.8 Å². The summed E-state index contributed by atoms with van der Waals surface area (Å²) in [7, 11) is -8.38. The molecule has 0 bridgehead atoms. The Morgan fingerprint density at radius 2 is 1.36 bits per heavy atom. The normalized spacial score (nSPS) is 20.4. The lowest BCUT2D eigenvalue weighted by Crippen LogP contribution is -2.39. The maximum atomic E-state index is 12.5. The zero-order valence-electron chi connectivity index (χ0n) is 14.6. The van der Waals surface area contributed by atoms with Crippen LogP contribution in [0.4, 0.5) is 0 Å². The van der Waals surface area contributed by atoms with Crippen LogP contribution < -0.4 is 0 Å². The number of carbonyl (C=O) groups excluding carboxylic acids is 2. The third-order valence-electron chi connectivity index (χ3n) is 4.06. The highest BCUT2D eigenvalue weighted by atomic mass is 32.2. The van der Waals surface area contributed by atoms with E-state index >= 15 is 0 Å². The van der Waals surface area contributed by atoms with E-state index in [1.165, 1.54) is 24.3 Å². The third-order valence-corrected chi connectivity index (χ3v) is 5.92. The molecule has 1 aliphatic rings. The van der Waals surface area contributed by atoms with Gasteiger partial charge in [-0.15, -0.1) is 0 Å². The van der Waals surface area contributed by atoms with Crippen molar-refractivity contribution in [1.82, 2.24) is 0 Å². The van der Waals surface area contributed by atoms with E-state index < -0.39 is 53.8 Å². The van der Waals surface area contributed by atoms with E-state index in [4.69, 9.17) is 0 Å². The fourth-order valence-corrected chi connectivity index (χ4v) is 4.62. The highest BCUT2D eigenvalue weighted by Crippen LogP contribution is 2.44. The molecular formula is C16H16O10S2. The molecule has 0 saturated heterocycles. The summed E-state index contributed by atoms with van der Waals surface area (Å²) >= 11 is 0. The summed E-state index contributed by atoms with van der Waals surface area (Å²) in [6.45, 7) is 0. The van der Waals surface area contributed by atoms with Crippen molar-refractivity contribution in [2.75, 3.05) is 14.2 Å². The molecule has 0 heterocycles. The first-order valence-electron chi connectivity index (χ1n) is 7.55. The van der Waals surface area contributed by atoms with Crippen LogP contribution in [0.1, 0.15) is 5.56 Å². The highest BCUT2D eigenvalue weighted by molar-refractivity contribution is 7.91. The van der Waals surface area contributed by atoms with Crippen LogP contribution in [0, 0.1) is 11.8 Å². The molecule has 0 saturated carbocycles. The van der Waals surface area contributed by atoms with Crippen LogP contribution in [0.25, 0.3) is 5.57 Å². The molecule has 1 aromatic carbocycles. The Hall–Kier alpha value is -2.54. The van der Waals surface area contributed by atoms with Gasteiger partial charge in [-0.2, -0.15) is 16.8 Å². The van der Waals surface area contributed by atoms with Crippen molar-refractivity contribution >= 4 is 37.7 Å². The second-order valence-electron chi connectivity index (χ2n) is 5.64. The van der Waals surface area contributed by atoms with Gasteiger partial charge in [0.2, 0.25) is 0 Å². The molecule has 152 valence electrons. The minimum atomic E-state index is -5.16. The molecule has 2 N–H and O–H groups in total. The molecular weight excluding hydrogens is 416 g/mol. The predicted octanol–water partition coefficient (Wildman–Crippen LogP) is 0.649. The summed E-state index contributed by atoms with van der Waals surface area (Å²) in [6.07, 6.45) is 0.425. The van der Waals surface area contributed by atoms with Crippen molar-refractivity contribution in [2.24, 2.45) is 11.8 Å². The van der Waals surface area contributed by atoms with Crippen LogP contribution in [-0.2, 0) is 39.3 Å². The van der Waals surface area contributed by atoms with Gasteiger partial charge in [0.1, 0.15) is 11.8 Å². The number of carbonyl (C=O) groups is 2. The van der Waals surface area contributed by atoms with Gasteiger partial charge in [-0.1, -0.05) is 30.3 Å². The quantitative estimate of drug-likeness (QED) is 0.499. The van der Waals surface area contributed by atoms with Crippen LogP contribution in [0.3, 0.4) is 0 Å². The minimum Gasteiger partial charge on any atom is -0.469 e. The molecule has 10 nitrogen and oxygen atoms in total. The second-order valence-corrected chi connectivity index (χ2v) is 8.45. The van der Waals surface area contributed by atoms with Crippen LogP contribution in [0.2, 0.25) is 0 Å². The first-order chi connectivity index (χ1) is 12.9. The van der Waals surface area contributed by atoms with Gasteiger partial charge in [-0.3, -0.25) is 18.7 Å². The number of ether oxygens (including phenoxy) is 2. The summed E-state index contributed by atoms with van der Waals surface area (Å²) in [5.41, 5.74) is -0.275. The Labute approximate surface area is 161 Å². The van der Waals surface area contributed by atoms with Gasteiger partial charge in [-0.05, 0) is 17.2 Å². The fraction of sp³-hybridized carbons (Fsp3) is 0.250. The first-order valence-corrected chi connectivity index (χ1v) is 10.4. The zero-order valence-corrected chi connectivity index (χ0v) is 16.2. The van der Waals surface area contributed by atoms with Crippen molar-refractivity contribution in [2.45, 2.75) is 0 Å². The van der Waals surface area contributed by atoms with E-state index in [9.17, 15) is 35.5 Å². The van der Waals surface area contributed by atoms with Crippen molar-refractivity contribution in [1.29, 1.82) is 0 Å². The average molecular weight is 432 g/mol. The molecule has 28 heavy (non-hydrogen) atoms. The molecule has 0 fully saturated rings. The van der Waals surface area contributed by atoms with Gasteiger partial charge in [0.05, 0.1) is 24.0 Å². The number of benzene rings is 1. The molecule has 12 heteroatoms. The third kappa shape index (κ3) is 4.14. The SMILES string of the molecule is COC(=O)C1C(S(=O)(=O)O)=CC(S(=O)(=O)O)=C(c2ccccc2)C1C(=O)OC. The lowest BCUT2D eigenvalue weighted by molar-refractivity contribution is -0.153. The number of rotatable bonds is 5. The molecule has 0 aliphatic heterocycles. The molecule has 0 radical (unpaired) electrons. The number of hydrogen-bond donors (Lipinski definition) is 2. The highest BCUT2D eigenvalue weighted by Gasteiger charge is 2.49. The fourth-order valence-electron chi connectivity index (χ4n) is 2.93. The average Bonchev–Trinajstić information content (AvgIpc) is 2.64. The maximum Gasteiger partial charge on any atom is 0.315 e. The van der Waals surface area contributed by atoms with Crippen LogP contribution in [0.15, 0.2) is 46.2 Å². The van der Waals surface area contributed by atoms with Gasteiger partial charge in [-0.25, -0.2) is 0 Å². The first kappa shape index (κ1) is 21.8. The van der Waals surface area contributed by atoms with Crippen LogP contribution >= 0.6 is 0 Å². The minimum absolute atomic E-state index is 0.102. The Kier molecular flexibility index (Phi) is 6.09. The van der Waals surface area contributed by atoms with Crippen molar-refractivity contribution in [3.8, 4) is 0 Å². The van der Waals surface area contributed by atoms with Gasteiger partial charge in [0.25, 0.3) is 20.2 Å². The molecule has 0 amide bonds. The molecule has 1 aliphatic carbocycles. The van der Waals surface area contributed by atoms with E-state index in [-0.39, 0.29) is 11.1 Å². The molecule has 2 atom stereocenters. The number of allylic oxidation sites excluding steroid dienone is 1. The Bertz CT molecular complexity index is 1070. The second kappa shape index (κ2) is 7.83.